The van der Waals surface area contributed by atoms with E-state index in [2.05, 4.69) is 11.9 Å². The first-order valence-electron chi connectivity index (χ1n) is 6.38. The largest absolute Gasteiger partial charge is 0.348 e. The molecule has 3 heteroatoms. The first kappa shape index (κ1) is 15.6. The van der Waals surface area contributed by atoms with E-state index in [1.807, 2.05) is 12.1 Å². The van der Waals surface area contributed by atoms with Gasteiger partial charge in [-0.25, -0.2) is 0 Å². The highest BCUT2D eigenvalue weighted by Gasteiger charge is 2.03. The topological polar surface area (TPSA) is 46.2 Å². The van der Waals surface area contributed by atoms with Crippen molar-refractivity contribution in [1.29, 1.82) is 0 Å². The fourth-order valence-electron chi connectivity index (χ4n) is 1.53. The summed E-state index contributed by atoms with van der Waals surface area (Å²) < 4.78 is 0. The van der Waals surface area contributed by atoms with Gasteiger partial charge in [0.25, 0.3) is 0 Å². The quantitative estimate of drug-likeness (QED) is 0.490. The lowest BCUT2D eigenvalue weighted by atomic mass is 10.1. The Kier molecular flexibility index (Phi) is 6.17. The van der Waals surface area contributed by atoms with Gasteiger partial charge in [-0.3, -0.25) is 9.59 Å². The van der Waals surface area contributed by atoms with Gasteiger partial charge in [-0.15, -0.1) is 0 Å². The van der Waals surface area contributed by atoms with E-state index in [1.54, 1.807) is 43.4 Å². The van der Waals surface area contributed by atoms with Gasteiger partial charge in [0.1, 0.15) is 0 Å². The van der Waals surface area contributed by atoms with Gasteiger partial charge in [0.15, 0.2) is 5.78 Å². The minimum atomic E-state index is -0.116. The number of rotatable bonds is 6. The van der Waals surface area contributed by atoms with Gasteiger partial charge >= 0.3 is 0 Å². The maximum Gasteiger partial charge on any atom is 0.247 e. The zero-order valence-electron chi connectivity index (χ0n) is 11.8. The molecule has 0 aliphatic rings. The number of carbonyl (C=O) groups excluding carboxylic acids is 2. The smallest absolute Gasteiger partial charge is 0.247 e. The van der Waals surface area contributed by atoms with Crippen LogP contribution in [0.3, 0.4) is 0 Å². The van der Waals surface area contributed by atoms with Crippen LogP contribution in [0.5, 0.6) is 0 Å². The van der Waals surface area contributed by atoms with E-state index >= 15 is 0 Å². The normalized spacial score (nSPS) is 11.4. The Hall–Kier alpha value is -2.42. The lowest BCUT2D eigenvalue weighted by Crippen LogP contribution is -2.23. The fourth-order valence-corrected chi connectivity index (χ4v) is 1.53. The summed E-state index contributed by atoms with van der Waals surface area (Å²) in [6.45, 7) is 7.28. The molecular formula is C17H19NO2. The SMILES string of the molecule is C=C/C=C\C=C(/C)C(=O)NCc1ccc(C(C)=O)cc1. The zero-order valence-corrected chi connectivity index (χ0v) is 11.8. The van der Waals surface area contributed by atoms with Gasteiger partial charge in [0.2, 0.25) is 5.91 Å². The van der Waals surface area contributed by atoms with Crippen LogP contribution < -0.4 is 5.32 Å². The molecule has 0 spiro atoms. The zero-order chi connectivity index (χ0) is 15.0. The Morgan fingerprint density at radius 2 is 1.80 bits per heavy atom. The molecule has 0 fully saturated rings. The van der Waals surface area contributed by atoms with E-state index in [9.17, 15) is 9.59 Å². The van der Waals surface area contributed by atoms with Crippen molar-refractivity contribution in [2.24, 2.45) is 0 Å². The van der Waals surface area contributed by atoms with Crippen molar-refractivity contribution in [3.63, 3.8) is 0 Å². The van der Waals surface area contributed by atoms with Crippen molar-refractivity contribution < 1.29 is 9.59 Å². The number of hydrogen-bond donors (Lipinski definition) is 1. The second-order valence-electron chi connectivity index (χ2n) is 4.41. The lowest BCUT2D eigenvalue weighted by molar-refractivity contribution is -0.117. The molecule has 0 saturated heterocycles. The standard InChI is InChI=1S/C17H19NO2/c1-4-5-6-7-13(2)17(20)18-12-15-8-10-16(11-9-15)14(3)19/h4-11H,1,12H2,2-3H3,(H,18,20)/b6-5-,13-7+. The van der Waals surface area contributed by atoms with Crippen LogP contribution in [0.15, 0.2) is 60.7 Å². The van der Waals surface area contributed by atoms with Crippen molar-refractivity contribution in [3.8, 4) is 0 Å². The molecule has 20 heavy (non-hydrogen) atoms. The number of amides is 1. The lowest BCUT2D eigenvalue weighted by Gasteiger charge is -2.05. The Labute approximate surface area is 119 Å². The molecule has 0 saturated carbocycles. The molecule has 1 rings (SSSR count). The van der Waals surface area contributed by atoms with Gasteiger partial charge in [0.05, 0.1) is 0 Å². The van der Waals surface area contributed by atoms with Crippen molar-refractivity contribution in [1.82, 2.24) is 5.32 Å². The van der Waals surface area contributed by atoms with E-state index in [1.165, 1.54) is 6.92 Å². The number of hydrogen-bond acceptors (Lipinski definition) is 2. The van der Waals surface area contributed by atoms with E-state index in [4.69, 9.17) is 0 Å². The molecule has 104 valence electrons. The van der Waals surface area contributed by atoms with E-state index in [-0.39, 0.29) is 11.7 Å². The molecule has 0 aliphatic carbocycles. The highest BCUT2D eigenvalue weighted by molar-refractivity contribution is 5.94. The third-order valence-electron chi connectivity index (χ3n) is 2.77. The molecule has 1 aromatic carbocycles. The third-order valence-corrected chi connectivity index (χ3v) is 2.77. The molecule has 0 heterocycles. The molecule has 0 radical (unpaired) electrons. The van der Waals surface area contributed by atoms with E-state index in [0.29, 0.717) is 17.7 Å². The highest BCUT2D eigenvalue weighted by atomic mass is 16.1. The summed E-state index contributed by atoms with van der Waals surface area (Å²) in [6.07, 6.45) is 6.91. The molecule has 1 amide bonds. The van der Waals surface area contributed by atoms with Crippen molar-refractivity contribution in [3.05, 3.63) is 71.8 Å². The number of nitrogens with one attached hydrogen (secondary N) is 1. The average Bonchev–Trinajstić information content (AvgIpc) is 2.45. The summed E-state index contributed by atoms with van der Waals surface area (Å²) in [4.78, 5) is 22.9. The third kappa shape index (κ3) is 5.06. The summed E-state index contributed by atoms with van der Waals surface area (Å²) in [5.74, 6) is -0.0808. The number of ketones is 1. The van der Waals surface area contributed by atoms with Crippen LogP contribution in [0.1, 0.15) is 29.8 Å². The maximum absolute atomic E-state index is 11.8. The molecular weight excluding hydrogens is 250 g/mol. The Bertz CT molecular complexity index is 551. The predicted molar refractivity (Wildman–Crippen MR) is 81.4 cm³/mol. The predicted octanol–water partition coefficient (Wildman–Crippen LogP) is 3.19. The monoisotopic (exact) mass is 269 g/mol. The van der Waals surface area contributed by atoms with Crippen LogP contribution in [0.25, 0.3) is 0 Å². The Morgan fingerprint density at radius 1 is 1.15 bits per heavy atom. The van der Waals surface area contributed by atoms with E-state index in [0.717, 1.165) is 5.56 Å². The van der Waals surface area contributed by atoms with Gasteiger partial charge in [0, 0.05) is 17.7 Å². The number of Topliss-reactive ketones (excluding diaryl/α,β-unsaturated/α-hetero) is 1. The van der Waals surface area contributed by atoms with Crippen molar-refractivity contribution in [2.75, 3.05) is 0 Å². The Morgan fingerprint density at radius 3 is 2.35 bits per heavy atom. The summed E-state index contributed by atoms with van der Waals surface area (Å²) >= 11 is 0. The Balaban J connectivity index is 2.56. The summed E-state index contributed by atoms with van der Waals surface area (Å²) in [5.41, 5.74) is 2.26. The van der Waals surface area contributed by atoms with Crippen LogP contribution in [0.2, 0.25) is 0 Å². The van der Waals surface area contributed by atoms with Crippen LogP contribution in [0, 0.1) is 0 Å². The number of allylic oxidation sites excluding steroid dienone is 4. The number of carbonyl (C=O) groups is 2. The molecule has 1 N–H and O–H groups in total. The maximum atomic E-state index is 11.8. The molecule has 0 aliphatic heterocycles. The van der Waals surface area contributed by atoms with Gasteiger partial charge < -0.3 is 5.32 Å². The minimum Gasteiger partial charge on any atom is -0.348 e. The fraction of sp³-hybridized carbons (Fsp3) is 0.176. The van der Waals surface area contributed by atoms with Crippen molar-refractivity contribution >= 4 is 11.7 Å². The van der Waals surface area contributed by atoms with Crippen molar-refractivity contribution in [2.45, 2.75) is 20.4 Å². The highest BCUT2D eigenvalue weighted by Crippen LogP contribution is 2.05. The number of benzene rings is 1. The molecule has 0 aromatic heterocycles. The molecule has 0 unspecified atom stereocenters. The van der Waals surface area contributed by atoms with Crippen LogP contribution in [0.4, 0.5) is 0 Å². The summed E-state index contributed by atoms with van der Waals surface area (Å²) in [6, 6.07) is 7.21. The molecule has 0 bridgehead atoms. The first-order chi connectivity index (χ1) is 9.54. The summed E-state index contributed by atoms with van der Waals surface area (Å²) in [5, 5.41) is 2.82. The van der Waals surface area contributed by atoms with Crippen LogP contribution in [-0.2, 0) is 11.3 Å². The minimum absolute atomic E-state index is 0.0355. The first-order valence-corrected chi connectivity index (χ1v) is 6.38. The molecule has 0 atom stereocenters. The van der Waals surface area contributed by atoms with Gasteiger partial charge in [-0.2, -0.15) is 0 Å². The van der Waals surface area contributed by atoms with Gasteiger partial charge in [-0.1, -0.05) is 55.1 Å². The second kappa shape index (κ2) is 7.89. The average molecular weight is 269 g/mol. The second-order valence-corrected chi connectivity index (χ2v) is 4.41. The van der Waals surface area contributed by atoms with Gasteiger partial charge in [-0.05, 0) is 19.4 Å². The van der Waals surface area contributed by atoms with Crippen LogP contribution >= 0.6 is 0 Å². The summed E-state index contributed by atoms with van der Waals surface area (Å²) in [7, 11) is 0. The molecule has 1 aromatic rings. The van der Waals surface area contributed by atoms with Crippen LogP contribution in [-0.4, -0.2) is 11.7 Å². The molecule has 3 nitrogen and oxygen atoms in total. The van der Waals surface area contributed by atoms with E-state index < -0.39 is 0 Å².